The van der Waals surface area contributed by atoms with Crippen molar-refractivity contribution in [3.8, 4) is 0 Å². The van der Waals surface area contributed by atoms with E-state index in [1.807, 2.05) is 30.3 Å². The van der Waals surface area contributed by atoms with Gasteiger partial charge in [0.15, 0.2) is 11.2 Å². The topological polar surface area (TPSA) is 62.6 Å². The lowest BCUT2D eigenvalue weighted by atomic mass is 10.2. The number of nitrogens with one attached hydrogen (secondary N) is 1. The number of hydrogen-bond donors (Lipinski definition) is 1. The lowest BCUT2D eigenvalue weighted by Gasteiger charge is -2.19. The van der Waals surface area contributed by atoms with Crippen molar-refractivity contribution in [2.24, 2.45) is 0 Å². The first kappa shape index (κ1) is 13.9. The third-order valence-corrected chi connectivity index (χ3v) is 3.27. The Morgan fingerprint density at radius 1 is 1.05 bits per heavy atom. The summed E-state index contributed by atoms with van der Waals surface area (Å²) in [6.07, 6.45) is 0. The number of carbonyl (C=O) groups is 1. The molecule has 0 bridgehead atoms. The minimum absolute atomic E-state index is 0.0218. The van der Waals surface area contributed by atoms with Crippen molar-refractivity contribution < 1.29 is 9.21 Å². The molecular formula is C17H14N2O3. The van der Waals surface area contributed by atoms with Crippen LogP contribution in [-0.2, 0) is 0 Å². The van der Waals surface area contributed by atoms with E-state index in [2.05, 4.69) is 5.43 Å². The fraction of sp³-hybridized carbons (Fsp3) is 0.0588. The van der Waals surface area contributed by atoms with Crippen LogP contribution in [-0.4, -0.2) is 13.0 Å². The molecule has 1 heterocycles. The molecule has 2 aromatic carbocycles. The molecule has 0 saturated carbocycles. The van der Waals surface area contributed by atoms with Gasteiger partial charge in [-0.25, -0.2) is 0 Å². The van der Waals surface area contributed by atoms with Gasteiger partial charge < -0.3 is 4.42 Å². The quantitative estimate of drug-likeness (QED) is 0.754. The summed E-state index contributed by atoms with van der Waals surface area (Å²) in [5, 5.41) is 2.02. The second-order valence-corrected chi connectivity index (χ2v) is 4.81. The average Bonchev–Trinajstić information content (AvgIpc) is 2.55. The molecule has 0 fully saturated rings. The van der Waals surface area contributed by atoms with Gasteiger partial charge in [0.1, 0.15) is 5.58 Å². The Hall–Kier alpha value is -3.08. The molecule has 0 saturated heterocycles. The van der Waals surface area contributed by atoms with Crippen LogP contribution in [0.4, 0.5) is 5.69 Å². The molecule has 1 aromatic heterocycles. The molecular weight excluding hydrogens is 280 g/mol. The van der Waals surface area contributed by atoms with Gasteiger partial charge >= 0.3 is 5.91 Å². The van der Waals surface area contributed by atoms with Crippen molar-refractivity contribution in [1.82, 2.24) is 5.43 Å². The normalized spacial score (nSPS) is 10.4. The van der Waals surface area contributed by atoms with Gasteiger partial charge in [-0.15, -0.1) is 0 Å². The molecule has 0 aliphatic carbocycles. The van der Waals surface area contributed by atoms with Crippen molar-refractivity contribution >= 4 is 22.6 Å². The number of nitrogens with zero attached hydrogens (tertiary/aromatic N) is 1. The van der Waals surface area contributed by atoms with Gasteiger partial charge in [0, 0.05) is 13.1 Å². The number of hydrogen-bond acceptors (Lipinski definition) is 4. The van der Waals surface area contributed by atoms with Gasteiger partial charge in [-0.1, -0.05) is 30.3 Å². The summed E-state index contributed by atoms with van der Waals surface area (Å²) in [6.45, 7) is 0. The molecule has 0 atom stereocenters. The summed E-state index contributed by atoms with van der Waals surface area (Å²) in [5.41, 5.74) is 3.63. The molecule has 3 aromatic rings. The summed E-state index contributed by atoms with van der Waals surface area (Å²) in [7, 11) is 1.71. The molecule has 0 unspecified atom stereocenters. The van der Waals surface area contributed by atoms with E-state index in [0.717, 1.165) is 5.69 Å². The highest BCUT2D eigenvalue weighted by Gasteiger charge is 2.14. The van der Waals surface area contributed by atoms with Crippen molar-refractivity contribution in [1.29, 1.82) is 0 Å². The van der Waals surface area contributed by atoms with E-state index >= 15 is 0 Å². The number of benzene rings is 2. The van der Waals surface area contributed by atoms with E-state index in [-0.39, 0.29) is 11.2 Å². The Morgan fingerprint density at radius 2 is 1.73 bits per heavy atom. The first-order valence-corrected chi connectivity index (χ1v) is 6.78. The smallest absolute Gasteiger partial charge is 0.305 e. The molecule has 0 spiro atoms. The molecule has 5 heteroatoms. The van der Waals surface area contributed by atoms with Gasteiger partial charge in [-0.2, -0.15) is 0 Å². The maximum Gasteiger partial charge on any atom is 0.305 e. The van der Waals surface area contributed by atoms with Crippen LogP contribution in [0.5, 0.6) is 0 Å². The van der Waals surface area contributed by atoms with E-state index < -0.39 is 5.91 Å². The molecule has 0 radical (unpaired) electrons. The maximum atomic E-state index is 12.2. The number of para-hydroxylation sites is 2. The minimum atomic E-state index is -0.478. The molecule has 22 heavy (non-hydrogen) atoms. The lowest BCUT2D eigenvalue weighted by molar-refractivity contribution is 0.0924. The Morgan fingerprint density at radius 3 is 2.50 bits per heavy atom. The van der Waals surface area contributed by atoms with Gasteiger partial charge in [-0.05, 0) is 24.3 Å². The predicted molar refractivity (Wildman–Crippen MR) is 84.8 cm³/mol. The van der Waals surface area contributed by atoms with Gasteiger partial charge in [0.2, 0.25) is 0 Å². The molecule has 1 amide bonds. The van der Waals surface area contributed by atoms with Gasteiger partial charge in [0.25, 0.3) is 0 Å². The zero-order valence-electron chi connectivity index (χ0n) is 11.9. The standard InChI is InChI=1S/C17H14N2O3/c1-19(12-7-3-2-4-8-12)18-17(21)16-11-14(20)13-9-5-6-10-15(13)22-16/h2-11H,1H3,(H,18,21). The molecule has 110 valence electrons. The largest absolute Gasteiger partial charge is 0.451 e. The van der Waals surface area contributed by atoms with Crippen LogP contribution in [0.25, 0.3) is 11.0 Å². The number of hydrazine groups is 1. The average molecular weight is 294 g/mol. The van der Waals surface area contributed by atoms with E-state index in [1.165, 1.54) is 6.07 Å². The Bertz CT molecular complexity index is 872. The first-order valence-electron chi connectivity index (χ1n) is 6.78. The van der Waals surface area contributed by atoms with Crippen LogP contribution < -0.4 is 15.9 Å². The van der Waals surface area contributed by atoms with Gasteiger partial charge in [0.05, 0.1) is 11.1 Å². The zero-order chi connectivity index (χ0) is 15.5. The molecule has 0 aliphatic rings. The molecule has 1 N–H and O–H groups in total. The van der Waals surface area contributed by atoms with Crippen molar-refractivity contribution in [3.05, 3.63) is 76.6 Å². The number of rotatable bonds is 3. The van der Waals surface area contributed by atoms with Crippen LogP contribution >= 0.6 is 0 Å². The van der Waals surface area contributed by atoms with E-state index in [0.29, 0.717) is 11.0 Å². The number of carbonyl (C=O) groups excluding carboxylic acids is 1. The fourth-order valence-electron chi connectivity index (χ4n) is 2.14. The van der Waals surface area contributed by atoms with Crippen LogP contribution in [0.1, 0.15) is 10.6 Å². The molecule has 5 nitrogen and oxygen atoms in total. The van der Waals surface area contributed by atoms with E-state index in [4.69, 9.17) is 4.42 Å². The Labute approximate surface area is 126 Å². The third-order valence-electron chi connectivity index (χ3n) is 3.27. The highest BCUT2D eigenvalue weighted by Crippen LogP contribution is 2.13. The van der Waals surface area contributed by atoms with E-state index in [9.17, 15) is 9.59 Å². The number of fused-ring (bicyclic) bond motifs is 1. The summed E-state index contributed by atoms with van der Waals surface area (Å²) in [5.74, 6) is -0.499. The third kappa shape index (κ3) is 2.69. The van der Waals surface area contributed by atoms with Crippen molar-refractivity contribution in [3.63, 3.8) is 0 Å². The molecule has 0 aliphatic heterocycles. The highest BCUT2D eigenvalue weighted by molar-refractivity contribution is 5.93. The maximum absolute atomic E-state index is 12.2. The van der Waals surface area contributed by atoms with Crippen LogP contribution in [0, 0.1) is 0 Å². The van der Waals surface area contributed by atoms with Crippen LogP contribution in [0.3, 0.4) is 0 Å². The van der Waals surface area contributed by atoms with Crippen LogP contribution in [0.15, 0.2) is 69.9 Å². The SMILES string of the molecule is CN(NC(=O)c1cc(=O)c2ccccc2o1)c1ccccc1. The number of amides is 1. The lowest BCUT2D eigenvalue weighted by Crippen LogP contribution is -2.39. The van der Waals surface area contributed by atoms with E-state index in [1.54, 1.807) is 36.3 Å². The monoisotopic (exact) mass is 294 g/mol. The highest BCUT2D eigenvalue weighted by atomic mass is 16.3. The Balaban J connectivity index is 1.88. The summed E-state index contributed by atoms with van der Waals surface area (Å²) < 4.78 is 5.50. The van der Waals surface area contributed by atoms with Crippen LogP contribution in [0.2, 0.25) is 0 Å². The summed E-state index contributed by atoms with van der Waals surface area (Å²) in [6, 6.07) is 17.4. The first-order chi connectivity index (χ1) is 10.6. The van der Waals surface area contributed by atoms with Gasteiger partial charge in [-0.3, -0.25) is 20.0 Å². The zero-order valence-corrected chi connectivity index (χ0v) is 11.9. The minimum Gasteiger partial charge on any atom is -0.451 e. The summed E-state index contributed by atoms with van der Waals surface area (Å²) in [4.78, 5) is 24.2. The van der Waals surface area contributed by atoms with Crippen molar-refractivity contribution in [2.75, 3.05) is 12.1 Å². The second kappa shape index (κ2) is 5.73. The van der Waals surface area contributed by atoms with Crippen molar-refractivity contribution in [2.45, 2.75) is 0 Å². The fourth-order valence-corrected chi connectivity index (χ4v) is 2.14. The Kier molecular flexibility index (Phi) is 3.62. The summed E-state index contributed by atoms with van der Waals surface area (Å²) >= 11 is 0. The molecule has 3 rings (SSSR count). The predicted octanol–water partition coefficient (Wildman–Crippen LogP) is 2.57. The second-order valence-electron chi connectivity index (χ2n) is 4.81. The number of anilines is 1.